The second-order valence-corrected chi connectivity index (χ2v) is 4.65. The highest BCUT2D eigenvalue weighted by Crippen LogP contribution is 2.31. The number of urea groups is 1. The van der Waals surface area contributed by atoms with Gasteiger partial charge in [0, 0.05) is 19.1 Å². The minimum atomic E-state index is -0.150. The van der Waals surface area contributed by atoms with E-state index in [4.69, 9.17) is 6.42 Å². The van der Waals surface area contributed by atoms with Crippen LogP contribution in [0.2, 0.25) is 0 Å². The van der Waals surface area contributed by atoms with Gasteiger partial charge >= 0.3 is 6.03 Å². The van der Waals surface area contributed by atoms with E-state index < -0.39 is 0 Å². The minimum Gasteiger partial charge on any atom is -0.338 e. The van der Waals surface area contributed by atoms with Crippen LogP contribution < -0.4 is 10.6 Å². The Morgan fingerprint density at radius 2 is 2.19 bits per heavy atom. The van der Waals surface area contributed by atoms with E-state index in [2.05, 4.69) is 21.5 Å². The molecule has 0 aromatic heterocycles. The summed E-state index contributed by atoms with van der Waals surface area (Å²) in [7, 11) is 0. The molecule has 1 aliphatic heterocycles. The van der Waals surface area contributed by atoms with E-state index in [-0.39, 0.29) is 6.03 Å². The van der Waals surface area contributed by atoms with E-state index in [1.165, 1.54) is 25.8 Å². The van der Waals surface area contributed by atoms with Gasteiger partial charge in [-0.15, -0.1) is 6.42 Å². The van der Waals surface area contributed by atoms with Gasteiger partial charge in [-0.3, -0.25) is 0 Å². The van der Waals surface area contributed by atoms with Crippen LogP contribution in [0.25, 0.3) is 0 Å². The summed E-state index contributed by atoms with van der Waals surface area (Å²) in [6, 6.07) is 0.697. The van der Waals surface area contributed by atoms with Crippen molar-refractivity contribution >= 4 is 6.03 Å². The Labute approximate surface area is 96.8 Å². The maximum Gasteiger partial charge on any atom is 0.315 e. The molecule has 4 heteroatoms. The number of nitrogens with zero attached hydrogens (tertiary/aromatic N) is 1. The molecule has 0 aromatic carbocycles. The van der Waals surface area contributed by atoms with Crippen LogP contribution in [0.1, 0.15) is 19.3 Å². The molecule has 1 saturated heterocycles. The van der Waals surface area contributed by atoms with Crippen LogP contribution in [0.3, 0.4) is 0 Å². The van der Waals surface area contributed by atoms with Crippen molar-refractivity contribution in [1.29, 1.82) is 0 Å². The highest BCUT2D eigenvalue weighted by atomic mass is 16.2. The lowest BCUT2D eigenvalue weighted by Crippen LogP contribution is -2.39. The summed E-state index contributed by atoms with van der Waals surface area (Å²) < 4.78 is 0. The summed E-state index contributed by atoms with van der Waals surface area (Å²) in [5, 5.41) is 5.47. The van der Waals surface area contributed by atoms with Crippen molar-refractivity contribution in [1.82, 2.24) is 15.5 Å². The van der Waals surface area contributed by atoms with Crippen LogP contribution in [0.4, 0.5) is 4.79 Å². The van der Waals surface area contributed by atoms with Crippen LogP contribution in [-0.2, 0) is 0 Å². The molecule has 1 saturated carbocycles. The van der Waals surface area contributed by atoms with Gasteiger partial charge in [-0.05, 0) is 31.7 Å². The van der Waals surface area contributed by atoms with Gasteiger partial charge in [0.1, 0.15) is 0 Å². The molecule has 2 rings (SSSR count). The number of likely N-dealkylation sites (tertiary alicyclic amines) is 1. The highest BCUT2D eigenvalue weighted by Gasteiger charge is 2.34. The van der Waals surface area contributed by atoms with Crippen molar-refractivity contribution in [3.05, 3.63) is 0 Å². The first kappa shape index (κ1) is 11.3. The molecule has 2 aliphatic rings. The third-order valence-electron chi connectivity index (χ3n) is 3.28. The van der Waals surface area contributed by atoms with Gasteiger partial charge in [0.15, 0.2) is 0 Å². The van der Waals surface area contributed by atoms with Crippen LogP contribution in [0.5, 0.6) is 0 Å². The highest BCUT2D eigenvalue weighted by molar-refractivity contribution is 5.74. The van der Waals surface area contributed by atoms with E-state index >= 15 is 0 Å². The molecule has 2 amide bonds. The van der Waals surface area contributed by atoms with Gasteiger partial charge in [0.25, 0.3) is 0 Å². The maximum absolute atomic E-state index is 11.3. The number of terminal acetylenes is 1. The summed E-state index contributed by atoms with van der Waals surface area (Å²) in [6.45, 7) is 3.40. The number of hydrogen-bond acceptors (Lipinski definition) is 2. The molecular weight excluding hydrogens is 202 g/mol. The molecule has 1 atom stereocenters. The molecule has 0 bridgehead atoms. The molecule has 0 radical (unpaired) electrons. The lowest BCUT2D eigenvalue weighted by molar-refractivity contribution is 0.239. The molecule has 88 valence electrons. The van der Waals surface area contributed by atoms with Gasteiger partial charge < -0.3 is 15.5 Å². The lowest BCUT2D eigenvalue weighted by atomic mass is 10.1. The number of nitrogens with one attached hydrogen (secondary N) is 2. The standard InChI is InChI=1S/C12H19N3O/c1-2-6-13-12(16)14-8-10-5-7-15(9-10)11-3-4-11/h1,10-11H,3-9H2,(H2,13,14,16). The fraction of sp³-hybridized carbons (Fsp3) is 0.750. The van der Waals surface area contributed by atoms with Gasteiger partial charge in [0.2, 0.25) is 0 Å². The number of rotatable bonds is 4. The largest absolute Gasteiger partial charge is 0.338 e. The topological polar surface area (TPSA) is 44.4 Å². The fourth-order valence-electron chi connectivity index (χ4n) is 2.23. The van der Waals surface area contributed by atoms with E-state index in [1.807, 2.05) is 0 Å². The first-order chi connectivity index (χ1) is 7.79. The summed E-state index contributed by atoms with van der Waals surface area (Å²) in [4.78, 5) is 13.8. The molecular formula is C12H19N3O. The van der Waals surface area contributed by atoms with Crippen molar-refractivity contribution in [2.75, 3.05) is 26.2 Å². The SMILES string of the molecule is C#CCNC(=O)NCC1CCN(C2CC2)C1. The van der Waals surface area contributed by atoms with Crippen molar-refractivity contribution in [2.45, 2.75) is 25.3 Å². The summed E-state index contributed by atoms with van der Waals surface area (Å²) in [6.07, 6.45) is 8.98. The van der Waals surface area contributed by atoms with Gasteiger partial charge in [0.05, 0.1) is 6.54 Å². The Morgan fingerprint density at radius 1 is 1.38 bits per heavy atom. The Kier molecular flexibility index (Phi) is 3.68. The quantitative estimate of drug-likeness (QED) is 0.675. The Bertz CT molecular complexity index is 293. The molecule has 1 aliphatic carbocycles. The molecule has 2 fully saturated rings. The zero-order valence-electron chi connectivity index (χ0n) is 9.54. The Morgan fingerprint density at radius 3 is 2.88 bits per heavy atom. The second-order valence-electron chi connectivity index (χ2n) is 4.65. The number of amides is 2. The number of hydrogen-bond donors (Lipinski definition) is 2. The summed E-state index contributed by atoms with van der Waals surface area (Å²) in [5.74, 6) is 2.99. The third-order valence-corrected chi connectivity index (χ3v) is 3.28. The van der Waals surface area contributed by atoms with E-state index in [0.29, 0.717) is 12.5 Å². The van der Waals surface area contributed by atoms with Crippen molar-refractivity contribution < 1.29 is 4.79 Å². The van der Waals surface area contributed by atoms with Crippen molar-refractivity contribution in [2.24, 2.45) is 5.92 Å². The average molecular weight is 221 g/mol. The molecule has 1 unspecified atom stereocenters. The van der Waals surface area contributed by atoms with E-state index in [9.17, 15) is 4.79 Å². The van der Waals surface area contributed by atoms with E-state index in [1.54, 1.807) is 0 Å². The average Bonchev–Trinajstić information content (AvgIpc) is 3.03. The normalized spacial score (nSPS) is 25.1. The lowest BCUT2D eigenvalue weighted by Gasteiger charge is -2.15. The minimum absolute atomic E-state index is 0.150. The number of carbonyl (C=O) groups excluding carboxylic acids is 1. The molecule has 1 heterocycles. The summed E-state index contributed by atoms with van der Waals surface area (Å²) in [5.41, 5.74) is 0. The third kappa shape index (κ3) is 3.14. The van der Waals surface area contributed by atoms with Gasteiger partial charge in [-0.1, -0.05) is 5.92 Å². The van der Waals surface area contributed by atoms with Crippen LogP contribution in [0, 0.1) is 18.3 Å². The monoisotopic (exact) mass is 221 g/mol. The maximum atomic E-state index is 11.3. The Hall–Kier alpha value is -1.21. The molecule has 0 aromatic rings. The molecule has 4 nitrogen and oxygen atoms in total. The van der Waals surface area contributed by atoms with Crippen LogP contribution in [0.15, 0.2) is 0 Å². The Balaban J connectivity index is 1.60. The smallest absolute Gasteiger partial charge is 0.315 e. The van der Waals surface area contributed by atoms with Crippen LogP contribution >= 0.6 is 0 Å². The van der Waals surface area contributed by atoms with Crippen LogP contribution in [-0.4, -0.2) is 43.2 Å². The number of carbonyl (C=O) groups is 1. The first-order valence-electron chi connectivity index (χ1n) is 5.99. The predicted molar refractivity (Wildman–Crippen MR) is 62.9 cm³/mol. The summed E-state index contributed by atoms with van der Waals surface area (Å²) >= 11 is 0. The molecule has 0 spiro atoms. The van der Waals surface area contributed by atoms with Gasteiger partial charge in [-0.2, -0.15) is 0 Å². The van der Waals surface area contributed by atoms with E-state index in [0.717, 1.165) is 19.1 Å². The first-order valence-corrected chi connectivity index (χ1v) is 5.99. The van der Waals surface area contributed by atoms with Crippen molar-refractivity contribution in [3.63, 3.8) is 0 Å². The van der Waals surface area contributed by atoms with Crippen molar-refractivity contribution in [3.8, 4) is 12.3 Å². The zero-order valence-corrected chi connectivity index (χ0v) is 9.54. The molecule has 2 N–H and O–H groups in total. The second kappa shape index (κ2) is 5.22. The molecule has 16 heavy (non-hydrogen) atoms. The fourth-order valence-corrected chi connectivity index (χ4v) is 2.23. The zero-order chi connectivity index (χ0) is 11.4. The van der Waals surface area contributed by atoms with Gasteiger partial charge in [-0.25, -0.2) is 4.79 Å². The predicted octanol–water partition coefficient (Wildman–Crippen LogP) is 0.403.